The summed E-state index contributed by atoms with van der Waals surface area (Å²) >= 11 is 0. The number of carbonyl (C=O) groups excluding carboxylic acids is 1. The fraction of sp³-hybridized carbons (Fsp3) is 0.0952. The van der Waals surface area contributed by atoms with Crippen LogP contribution in [-0.4, -0.2) is 14.3 Å². The van der Waals surface area contributed by atoms with Crippen LogP contribution in [-0.2, 0) is 14.8 Å². The molecule has 7 heteroatoms. The van der Waals surface area contributed by atoms with E-state index in [2.05, 4.69) is 10.0 Å². The number of rotatable bonds is 6. The van der Waals surface area contributed by atoms with Crippen LogP contribution in [0.1, 0.15) is 12.5 Å². The summed E-state index contributed by atoms with van der Waals surface area (Å²) in [6.45, 7) is 3.37. The van der Waals surface area contributed by atoms with Crippen molar-refractivity contribution in [1.29, 1.82) is 0 Å². The van der Waals surface area contributed by atoms with Crippen LogP contribution in [0.25, 0.3) is 0 Å². The summed E-state index contributed by atoms with van der Waals surface area (Å²) in [6, 6.07) is 20.3. The minimum atomic E-state index is -3.74. The van der Waals surface area contributed by atoms with Crippen molar-refractivity contribution in [3.05, 3.63) is 78.4 Å². The highest BCUT2D eigenvalue weighted by Crippen LogP contribution is 2.25. The van der Waals surface area contributed by atoms with Gasteiger partial charge in [-0.3, -0.25) is 9.52 Å². The van der Waals surface area contributed by atoms with Crippen molar-refractivity contribution in [3.63, 3.8) is 0 Å². The molecular formula is C21H20N2O4S. The first kappa shape index (κ1) is 19.4. The van der Waals surface area contributed by atoms with E-state index in [0.29, 0.717) is 22.9 Å². The van der Waals surface area contributed by atoms with Gasteiger partial charge in [-0.25, -0.2) is 8.42 Å². The molecule has 28 heavy (non-hydrogen) atoms. The lowest BCUT2D eigenvalue weighted by molar-refractivity contribution is -0.114. The first-order chi connectivity index (χ1) is 13.3. The van der Waals surface area contributed by atoms with Gasteiger partial charge in [-0.15, -0.1) is 0 Å². The zero-order valence-electron chi connectivity index (χ0n) is 15.5. The number of carbonyl (C=O) groups is 1. The van der Waals surface area contributed by atoms with Crippen molar-refractivity contribution in [3.8, 4) is 11.5 Å². The molecule has 0 aromatic heterocycles. The Bertz CT molecular complexity index is 1080. The molecule has 1 amide bonds. The van der Waals surface area contributed by atoms with Gasteiger partial charge in [0.1, 0.15) is 11.5 Å². The number of nitrogens with one attached hydrogen (secondary N) is 2. The SMILES string of the molecule is CC(=O)Nc1ccc(S(=O)(=O)Nc2ccc(Oc3cccc(C)c3)cc2)cc1. The van der Waals surface area contributed by atoms with Crippen LogP contribution >= 0.6 is 0 Å². The number of sulfonamides is 1. The molecule has 0 aliphatic rings. The summed E-state index contributed by atoms with van der Waals surface area (Å²) in [5, 5.41) is 2.59. The van der Waals surface area contributed by atoms with E-state index in [1.807, 2.05) is 31.2 Å². The molecule has 0 aliphatic heterocycles. The number of amides is 1. The van der Waals surface area contributed by atoms with Crippen LogP contribution in [0.3, 0.4) is 0 Å². The third-order valence-electron chi connectivity index (χ3n) is 3.82. The molecule has 0 radical (unpaired) electrons. The van der Waals surface area contributed by atoms with Gasteiger partial charge in [-0.05, 0) is 73.2 Å². The topological polar surface area (TPSA) is 84.5 Å². The molecule has 0 bridgehead atoms. The lowest BCUT2D eigenvalue weighted by atomic mass is 10.2. The molecule has 0 saturated heterocycles. The Hall–Kier alpha value is -3.32. The smallest absolute Gasteiger partial charge is 0.261 e. The van der Waals surface area contributed by atoms with Crippen molar-refractivity contribution in [2.24, 2.45) is 0 Å². The fourth-order valence-electron chi connectivity index (χ4n) is 2.54. The monoisotopic (exact) mass is 396 g/mol. The molecule has 0 atom stereocenters. The van der Waals surface area contributed by atoms with Crippen LogP contribution in [0.15, 0.2) is 77.7 Å². The van der Waals surface area contributed by atoms with Crippen molar-refractivity contribution in [2.75, 3.05) is 10.0 Å². The minimum Gasteiger partial charge on any atom is -0.457 e. The molecule has 0 unspecified atom stereocenters. The summed E-state index contributed by atoms with van der Waals surface area (Å²) < 4.78 is 33.3. The van der Waals surface area contributed by atoms with E-state index in [4.69, 9.17) is 4.74 Å². The second-order valence-electron chi connectivity index (χ2n) is 6.25. The average Bonchev–Trinajstić information content (AvgIpc) is 2.63. The third kappa shape index (κ3) is 5.11. The second kappa shape index (κ2) is 8.14. The maximum atomic E-state index is 12.5. The zero-order valence-corrected chi connectivity index (χ0v) is 16.3. The Kier molecular flexibility index (Phi) is 5.65. The molecule has 0 saturated carbocycles. The van der Waals surface area contributed by atoms with Crippen molar-refractivity contribution in [2.45, 2.75) is 18.7 Å². The van der Waals surface area contributed by atoms with Crippen molar-refractivity contribution in [1.82, 2.24) is 0 Å². The lowest BCUT2D eigenvalue weighted by Crippen LogP contribution is -2.13. The number of aryl methyl sites for hydroxylation is 1. The van der Waals surface area contributed by atoms with Gasteiger partial charge in [-0.1, -0.05) is 12.1 Å². The summed E-state index contributed by atoms with van der Waals surface area (Å²) in [7, 11) is -3.74. The molecule has 3 aromatic rings. The molecule has 3 aromatic carbocycles. The van der Waals surface area contributed by atoms with Crippen LogP contribution < -0.4 is 14.8 Å². The van der Waals surface area contributed by atoms with Gasteiger partial charge >= 0.3 is 0 Å². The highest BCUT2D eigenvalue weighted by molar-refractivity contribution is 7.92. The highest BCUT2D eigenvalue weighted by Gasteiger charge is 2.14. The van der Waals surface area contributed by atoms with E-state index < -0.39 is 10.0 Å². The molecule has 3 rings (SSSR count). The van der Waals surface area contributed by atoms with Crippen LogP contribution in [0.2, 0.25) is 0 Å². The Morgan fingerprint density at radius 1 is 0.857 bits per heavy atom. The van der Waals surface area contributed by atoms with Gasteiger partial charge in [0.2, 0.25) is 5.91 Å². The first-order valence-electron chi connectivity index (χ1n) is 8.57. The van der Waals surface area contributed by atoms with E-state index in [1.165, 1.54) is 31.2 Å². The number of anilines is 2. The summed E-state index contributed by atoms with van der Waals surface area (Å²) in [6.07, 6.45) is 0. The molecule has 0 fully saturated rings. The summed E-state index contributed by atoms with van der Waals surface area (Å²) in [4.78, 5) is 11.1. The number of hydrogen-bond acceptors (Lipinski definition) is 4. The predicted molar refractivity (Wildman–Crippen MR) is 109 cm³/mol. The Morgan fingerprint density at radius 2 is 1.50 bits per heavy atom. The van der Waals surface area contributed by atoms with Crippen LogP contribution in [0, 0.1) is 6.92 Å². The van der Waals surface area contributed by atoms with Crippen molar-refractivity contribution >= 4 is 27.3 Å². The van der Waals surface area contributed by atoms with Crippen LogP contribution in [0.4, 0.5) is 11.4 Å². The molecule has 0 aliphatic carbocycles. The Labute approximate surface area is 164 Å². The van der Waals surface area contributed by atoms with E-state index >= 15 is 0 Å². The summed E-state index contributed by atoms with van der Waals surface area (Å²) in [5.74, 6) is 1.10. The third-order valence-corrected chi connectivity index (χ3v) is 5.21. The lowest BCUT2D eigenvalue weighted by Gasteiger charge is -2.10. The van der Waals surface area contributed by atoms with Gasteiger partial charge in [0.25, 0.3) is 10.0 Å². The second-order valence-corrected chi connectivity index (χ2v) is 7.94. The zero-order chi connectivity index (χ0) is 20.1. The molecule has 0 heterocycles. The molecule has 2 N–H and O–H groups in total. The van der Waals surface area contributed by atoms with Gasteiger partial charge in [0.15, 0.2) is 0 Å². The maximum Gasteiger partial charge on any atom is 0.261 e. The van der Waals surface area contributed by atoms with Crippen molar-refractivity contribution < 1.29 is 17.9 Å². The highest BCUT2D eigenvalue weighted by atomic mass is 32.2. The van der Waals surface area contributed by atoms with E-state index in [1.54, 1.807) is 24.3 Å². The van der Waals surface area contributed by atoms with Gasteiger partial charge < -0.3 is 10.1 Å². The van der Waals surface area contributed by atoms with Gasteiger partial charge in [0.05, 0.1) is 4.90 Å². The quantitative estimate of drug-likeness (QED) is 0.640. The number of ether oxygens (including phenoxy) is 1. The standard InChI is InChI=1S/C21H20N2O4S/c1-15-4-3-5-20(14-15)27-19-10-6-18(7-11-19)23-28(25,26)21-12-8-17(9-13-21)22-16(2)24/h3-14,23H,1-2H3,(H,22,24). The van der Waals surface area contributed by atoms with E-state index in [9.17, 15) is 13.2 Å². The van der Waals surface area contributed by atoms with Gasteiger partial charge in [0, 0.05) is 18.3 Å². The molecule has 6 nitrogen and oxygen atoms in total. The van der Waals surface area contributed by atoms with E-state index in [0.717, 1.165) is 5.56 Å². The van der Waals surface area contributed by atoms with E-state index in [-0.39, 0.29) is 10.8 Å². The maximum absolute atomic E-state index is 12.5. The number of benzene rings is 3. The molecular weight excluding hydrogens is 376 g/mol. The molecule has 0 spiro atoms. The normalized spacial score (nSPS) is 10.9. The largest absolute Gasteiger partial charge is 0.457 e. The Morgan fingerprint density at radius 3 is 2.11 bits per heavy atom. The van der Waals surface area contributed by atoms with Gasteiger partial charge in [-0.2, -0.15) is 0 Å². The predicted octanol–water partition coefficient (Wildman–Crippen LogP) is 4.55. The van der Waals surface area contributed by atoms with Crippen LogP contribution in [0.5, 0.6) is 11.5 Å². The first-order valence-corrected chi connectivity index (χ1v) is 10.1. The average molecular weight is 396 g/mol. The minimum absolute atomic E-state index is 0.0988. The number of hydrogen-bond donors (Lipinski definition) is 2. The summed E-state index contributed by atoms with van der Waals surface area (Å²) in [5.41, 5.74) is 2.04. The fourth-order valence-corrected chi connectivity index (χ4v) is 3.60. The molecule has 144 valence electrons. The Balaban J connectivity index is 1.69.